The third-order valence-corrected chi connectivity index (χ3v) is 17.4. The number of hydrogen-bond acceptors (Lipinski definition) is 0. The summed E-state index contributed by atoms with van der Waals surface area (Å²) in [5, 5.41) is 0. The summed E-state index contributed by atoms with van der Waals surface area (Å²) in [7, 11) is 0. The zero-order chi connectivity index (χ0) is 25.3. The van der Waals surface area contributed by atoms with E-state index in [4.69, 9.17) is 0 Å². The summed E-state index contributed by atoms with van der Waals surface area (Å²) in [6.45, 7) is 0. The van der Waals surface area contributed by atoms with E-state index in [0.29, 0.717) is 3.63 Å². The van der Waals surface area contributed by atoms with Crippen LogP contribution in [0.3, 0.4) is 0 Å². The van der Waals surface area contributed by atoms with Gasteiger partial charge in [0.2, 0.25) is 0 Å². The summed E-state index contributed by atoms with van der Waals surface area (Å²) in [6.07, 6.45) is 16.8. The van der Waals surface area contributed by atoms with Crippen LogP contribution in [0.2, 0.25) is 0 Å². The van der Waals surface area contributed by atoms with Crippen LogP contribution in [0.5, 0.6) is 0 Å². The van der Waals surface area contributed by atoms with E-state index in [9.17, 15) is 0 Å². The van der Waals surface area contributed by atoms with E-state index < -0.39 is 21.3 Å². The van der Waals surface area contributed by atoms with Gasteiger partial charge in [-0.2, -0.15) is 0 Å². The van der Waals surface area contributed by atoms with Crippen molar-refractivity contribution in [3.05, 3.63) is 130 Å². The number of rotatable bonds is 4. The second-order valence-electron chi connectivity index (χ2n) is 11.0. The van der Waals surface area contributed by atoms with Gasteiger partial charge in [-0.05, 0) is 0 Å². The van der Waals surface area contributed by atoms with Gasteiger partial charge in [0.1, 0.15) is 0 Å². The summed E-state index contributed by atoms with van der Waals surface area (Å²) in [5.41, 5.74) is 11.4. The molecular weight excluding hydrogens is 536 g/mol. The molecule has 0 saturated heterocycles. The first-order valence-corrected chi connectivity index (χ1v) is 18.2. The van der Waals surface area contributed by atoms with Gasteiger partial charge in [0, 0.05) is 0 Å². The number of benzene rings is 4. The monoisotopic (exact) mass is 568 g/mol. The molecule has 0 nitrogen and oxygen atoms in total. The van der Waals surface area contributed by atoms with Crippen LogP contribution >= 0.6 is 0 Å². The molecule has 0 amide bonds. The van der Waals surface area contributed by atoms with E-state index in [-0.39, 0.29) is 0 Å². The molecular formula is C37H34Zr. The Labute approximate surface area is 234 Å². The van der Waals surface area contributed by atoms with Crippen LogP contribution in [0.25, 0.3) is 33.4 Å². The summed E-state index contributed by atoms with van der Waals surface area (Å²) in [6, 6.07) is 36.6. The molecule has 1 fully saturated rings. The minimum absolute atomic E-state index is 0.594. The molecule has 0 N–H and O–H groups in total. The predicted octanol–water partition coefficient (Wildman–Crippen LogP) is 10.1. The molecule has 0 unspecified atom stereocenters. The molecule has 0 aliphatic heterocycles. The van der Waals surface area contributed by atoms with Gasteiger partial charge in [-0.1, -0.05) is 0 Å². The molecule has 1 heteroatoms. The zero-order valence-electron chi connectivity index (χ0n) is 22.0. The Morgan fingerprint density at radius 1 is 0.553 bits per heavy atom. The van der Waals surface area contributed by atoms with Crippen molar-refractivity contribution < 1.29 is 21.3 Å². The molecule has 0 bridgehead atoms. The van der Waals surface area contributed by atoms with Gasteiger partial charge in [-0.15, -0.1) is 0 Å². The Kier molecular flexibility index (Phi) is 6.81. The summed E-state index contributed by atoms with van der Waals surface area (Å²) >= 11 is -2.17. The van der Waals surface area contributed by atoms with Gasteiger partial charge in [0.25, 0.3) is 0 Å². The van der Waals surface area contributed by atoms with Crippen molar-refractivity contribution in [2.45, 2.75) is 48.6 Å². The maximum absolute atomic E-state index is 2.51. The number of fused-ring (bicyclic) bond motifs is 3. The van der Waals surface area contributed by atoms with E-state index in [0.717, 1.165) is 0 Å². The maximum atomic E-state index is 2.51. The molecule has 7 rings (SSSR count). The Hall–Kier alpha value is -2.89. The van der Waals surface area contributed by atoms with Crippen molar-refractivity contribution in [3.63, 3.8) is 0 Å². The van der Waals surface area contributed by atoms with Gasteiger partial charge >= 0.3 is 236 Å². The first-order chi connectivity index (χ1) is 18.9. The SMILES string of the molecule is C1=CC[C]([Zr](=[C]2CCCCCC2)[CH]2c3ccc(-c4ccccc4)cc3-c3cc(-c4ccccc4)ccc32)=C1. The van der Waals surface area contributed by atoms with Gasteiger partial charge in [-0.3, -0.25) is 0 Å². The molecule has 3 aliphatic rings. The normalized spacial score (nSPS) is 16.6. The molecule has 1 saturated carbocycles. The van der Waals surface area contributed by atoms with Crippen molar-refractivity contribution in [2.24, 2.45) is 0 Å². The summed E-state index contributed by atoms with van der Waals surface area (Å²) in [4.78, 5) is 0. The van der Waals surface area contributed by atoms with Gasteiger partial charge in [0.15, 0.2) is 0 Å². The van der Waals surface area contributed by atoms with Crippen LogP contribution in [-0.4, -0.2) is 3.21 Å². The standard InChI is InChI=1S/C25H17.C7H12.C5H5.Zr/c1-3-7-18(8-4-1)20-11-13-22-15-23-14-12-21(17-25(23)24(22)16-20)19-9-5-2-6-10-19;1-2-4-6-7-5-3-1;1-2-4-5-3-1;/h1-17H;1-6H2;1-3H,4H2;. The second kappa shape index (κ2) is 10.7. The van der Waals surface area contributed by atoms with Crippen molar-refractivity contribution >= 4 is 3.21 Å². The first kappa shape index (κ1) is 24.2. The van der Waals surface area contributed by atoms with Crippen molar-refractivity contribution in [1.82, 2.24) is 0 Å². The van der Waals surface area contributed by atoms with Crippen molar-refractivity contribution in [2.75, 3.05) is 0 Å². The molecule has 0 heterocycles. The predicted molar refractivity (Wildman–Crippen MR) is 159 cm³/mol. The van der Waals surface area contributed by atoms with Gasteiger partial charge in [-0.25, -0.2) is 0 Å². The Bertz CT molecular complexity index is 1470. The fraction of sp³-hybridized carbons (Fsp3) is 0.216. The van der Waals surface area contributed by atoms with Gasteiger partial charge < -0.3 is 0 Å². The number of hydrogen-bond donors (Lipinski definition) is 0. The zero-order valence-corrected chi connectivity index (χ0v) is 24.5. The average molecular weight is 570 g/mol. The van der Waals surface area contributed by atoms with Crippen molar-refractivity contribution in [1.29, 1.82) is 0 Å². The second-order valence-corrected chi connectivity index (χ2v) is 17.8. The van der Waals surface area contributed by atoms with Crippen LogP contribution in [0, 0.1) is 0 Å². The van der Waals surface area contributed by atoms with E-state index >= 15 is 0 Å². The molecule has 3 aliphatic carbocycles. The quantitative estimate of drug-likeness (QED) is 0.215. The number of allylic oxidation sites excluding steroid dienone is 4. The molecule has 38 heavy (non-hydrogen) atoms. The fourth-order valence-corrected chi connectivity index (χ4v) is 16.4. The Morgan fingerprint density at radius 3 is 1.61 bits per heavy atom. The van der Waals surface area contributed by atoms with Crippen LogP contribution in [0.15, 0.2) is 119 Å². The molecule has 0 spiro atoms. The topological polar surface area (TPSA) is 0 Å². The van der Waals surface area contributed by atoms with E-state index in [1.807, 2.05) is 6.49 Å². The van der Waals surface area contributed by atoms with Gasteiger partial charge in [0.05, 0.1) is 0 Å². The van der Waals surface area contributed by atoms with Crippen LogP contribution in [0.4, 0.5) is 0 Å². The van der Waals surface area contributed by atoms with Crippen LogP contribution in [0.1, 0.15) is 59.7 Å². The van der Waals surface area contributed by atoms with Crippen molar-refractivity contribution in [3.8, 4) is 33.4 Å². The third kappa shape index (κ3) is 4.50. The molecule has 4 aromatic carbocycles. The Balaban J connectivity index is 1.45. The molecule has 186 valence electrons. The van der Waals surface area contributed by atoms with E-state index in [2.05, 4.69) is 115 Å². The first-order valence-electron chi connectivity index (χ1n) is 14.3. The molecule has 0 radical (unpaired) electrons. The molecule has 0 atom stereocenters. The molecule has 0 aromatic heterocycles. The van der Waals surface area contributed by atoms with Crippen LogP contribution in [-0.2, 0) is 21.3 Å². The average Bonchev–Trinajstić information content (AvgIpc) is 3.53. The summed E-state index contributed by atoms with van der Waals surface area (Å²) < 4.78 is 4.39. The van der Waals surface area contributed by atoms with E-state index in [1.54, 1.807) is 11.1 Å². The summed E-state index contributed by atoms with van der Waals surface area (Å²) in [5.74, 6) is 0. The third-order valence-electron chi connectivity index (χ3n) is 8.73. The minimum atomic E-state index is -2.17. The Morgan fingerprint density at radius 2 is 1.11 bits per heavy atom. The van der Waals surface area contributed by atoms with E-state index in [1.165, 1.54) is 78.3 Å². The van der Waals surface area contributed by atoms with Crippen LogP contribution < -0.4 is 0 Å². The molecule has 4 aromatic rings. The fourth-order valence-electron chi connectivity index (χ4n) is 6.87.